The van der Waals surface area contributed by atoms with E-state index in [1.807, 2.05) is 12.1 Å². The Morgan fingerprint density at radius 3 is 2.18 bits per heavy atom. The maximum Gasteiger partial charge on any atom is 0.251 e. The van der Waals surface area contributed by atoms with Gasteiger partial charge < -0.3 is 5.32 Å². The summed E-state index contributed by atoms with van der Waals surface area (Å²) in [4.78, 5) is 12.2. The van der Waals surface area contributed by atoms with Gasteiger partial charge in [0.05, 0.1) is 6.04 Å². The lowest BCUT2D eigenvalue weighted by Crippen LogP contribution is -2.27. The normalized spacial score (nSPS) is 12.3. The minimum absolute atomic E-state index is 0.258. The van der Waals surface area contributed by atoms with E-state index in [0.29, 0.717) is 11.5 Å². The van der Waals surface area contributed by atoms with Gasteiger partial charge in [0, 0.05) is 17.2 Å². The summed E-state index contributed by atoms with van der Waals surface area (Å²) in [5.41, 5.74) is 1.92. The maximum absolute atomic E-state index is 13.7. The molecule has 0 saturated carbocycles. The topological polar surface area (TPSA) is 29.1 Å². The van der Waals surface area contributed by atoms with Crippen molar-refractivity contribution in [3.63, 3.8) is 0 Å². The smallest absolute Gasteiger partial charge is 0.251 e. The van der Waals surface area contributed by atoms with Crippen LogP contribution < -0.4 is 5.32 Å². The Bertz CT molecular complexity index is 665. The van der Waals surface area contributed by atoms with E-state index >= 15 is 0 Å². The van der Waals surface area contributed by atoms with Gasteiger partial charge in [-0.3, -0.25) is 4.79 Å². The number of carbonyl (C=O) groups is 1. The molecule has 0 heterocycles. The van der Waals surface area contributed by atoms with Crippen molar-refractivity contribution < 1.29 is 13.6 Å². The molecule has 2 aromatic carbocycles. The van der Waals surface area contributed by atoms with Crippen LogP contribution in [0.2, 0.25) is 0 Å². The van der Waals surface area contributed by atoms with Crippen LogP contribution in [0, 0.1) is 11.6 Å². The Kier molecular flexibility index (Phi) is 4.91. The molecular formula is C18H19F2NO. The average molecular weight is 303 g/mol. The van der Waals surface area contributed by atoms with Gasteiger partial charge >= 0.3 is 0 Å². The molecule has 0 aliphatic carbocycles. The lowest BCUT2D eigenvalue weighted by atomic mass is 10.0. The Hall–Kier alpha value is -2.23. The molecule has 0 bridgehead atoms. The van der Waals surface area contributed by atoms with E-state index in [2.05, 4.69) is 19.2 Å². The lowest BCUT2D eigenvalue weighted by Gasteiger charge is -2.15. The van der Waals surface area contributed by atoms with Crippen molar-refractivity contribution in [2.75, 3.05) is 0 Å². The summed E-state index contributed by atoms with van der Waals surface area (Å²) in [7, 11) is 0. The molecule has 22 heavy (non-hydrogen) atoms. The van der Waals surface area contributed by atoms with E-state index in [1.165, 1.54) is 12.1 Å². The van der Waals surface area contributed by atoms with Crippen molar-refractivity contribution in [2.45, 2.75) is 32.7 Å². The second-order valence-electron chi connectivity index (χ2n) is 5.64. The number of benzene rings is 2. The molecule has 2 nitrogen and oxygen atoms in total. The summed E-state index contributed by atoms with van der Waals surface area (Å²) in [6, 6.07) is 10.1. The summed E-state index contributed by atoms with van der Waals surface area (Å²) in [6.45, 7) is 5.82. The highest BCUT2D eigenvalue weighted by atomic mass is 19.1. The van der Waals surface area contributed by atoms with Gasteiger partial charge in [-0.15, -0.1) is 0 Å². The first kappa shape index (κ1) is 16.1. The molecule has 0 aliphatic heterocycles. The van der Waals surface area contributed by atoms with Crippen LogP contribution in [0.4, 0.5) is 8.78 Å². The first-order chi connectivity index (χ1) is 10.4. The Labute approximate surface area is 129 Å². The minimum Gasteiger partial charge on any atom is -0.345 e. The highest BCUT2D eigenvalue weighted by Gasteiger charge is 2.15. The summed E-state index contributed by atoms with van der Waals surface area (Å²) in [6.07, 6.45) is 0. The highest BCUT2D eigenvalue weighted by molar-refractivity contribution is 5.94. The zero-order valence-corrected chi connectivity index (χ0v) is 12.9. The average Bonchev–Trinajstić information content (AvgIpc) is 2.47. The van der Waals surface area contributed by atoms with Crippen LogP contribution in [0.25, 0.3) is 0 Å². The van der Waals surface area contributed by atoms with Crippen LogP contribution in [0.15, 0.2) is 42.5 Å². The zero-order valence-electron chi connectivity index (χ0n) is 12.9. The molecule has 0 aromatic heterocycles. The summed E-state index contributed by atoms with van der Waals surface area (Å²) >= 11 is 0. The molecule has 1 atom stereocenters. The van der Waals surface area contributed by atoms with Gasteiger partial charge in [0.2, 0.25) is 0 Å². The van der Waals surface area contributed by atoms with E-state index in [9.17, 15) is 13.6 Å². The van der Waals surface area contributed by atoms with E-state index in [-0.39, 0.29) is 11.5 Å². The molecule has 2 rings (SSSR count). The van der Waals surface area contributed by atoms with E-state index < -0.39 is 17.7 Å². The number of hydrogen-bond donors (Lipinski definition) is 1. The van der Waals surface area contributed by atoms with Gasteiger partial charge in [-0.05, 0) is 36.6 Å². The molecule has 1 N–H and O–H groups in total. The molecule has 0 spiro atoms. The van der Waals surface area contributed by atoms with Gasteiger partial charge in [-0.25, -0.2) is 8.78 Å². The first-order valence-electron chi connectivity index (χ1n) is 7.24. The second-order valence-corrected chi connectivity index (χ2v) is 5.64. The van der Waals surface area contributed by atoms with Crippen molar-refractivity contribution >= 4 is 5.91 Å². The molecule has 0 fully saturated rings. The number of halogens is 2. The van der Waals surface area contributed by atoms with Gasteiger partial charge in [-0.1, -0.05) is 32.0 Å². The van der Waals surface area contributed by atoms with Crippen LogP contribution in [-0.4, -0.2) is 5.91 Å². The first-order valence-corrected chi connectivity index (χ1v) is 7.24. The molecule has 0 radical (unpaired) electrons. The summed E-state index contributed by atoms with van der Waals surface area (Å²) in [5, 5.41) is 2.72. The van der Waals surface area contributed by atoms with Crippen molar-refractivity contribution in [1.82, 2.24) is 5.32 Å². The predicted octanol–water partition coefficient (Wildman–Crippen LogP) is 4.58. The van der Waals surface area contributed by atoms with Gasteiger partial charge in [0.1, 0.15) is 11.6 Å². The molecule has 2 aromatic rings. The number of hydrogen-bond acceptors (Lipinski definition) is 1. The molecule has 0 aliphatic rings. The SMILES string of the molecule is CC(C)c1ccc(C(=O)N[C@@H](C)c2ccc(F)cc2F)cc1. The van der Waals surface area contributed by atoms with Crippen molar-refractivity contribution in [3.8, 4) is 0 Å². The van der Waals surface area contributed by atoms with Crippen LogP contribution >= 0.6 is 0 Å². The van der Waals surface area contributed by atoms with Crippen LogP contribution in [0.5, 0.6) is 0 Å². The Morgan fingerprint density at radius 1 is 1.00 bits per heavy atom. The highest BCUT2D eigenvalue weighted by Crippen LogP contribution is 2.19. The monoisotopic (exact) mass is 303 g/mol. The summed E-state index contributed by atoms with van der Waals surface area (Å²) in [5.74, 6) is -1.19. The molecule has 116 valence electrons. The van der Waals surface area contributed by atoms with Gasteiger partial charge in [0.25, 0.3) is 5.91 Å². The summed E-state index contributed by atoms with van der Waals surface area (Å²) < 4.78 is 26.6. The van der Waals surface area contributed by atoms with E-state index in [1.54, 1.807) is 19.1 Å². The number of nitrogens with one attached hydrogen (secondary N) is 1. The molecule has 0 saturated heterocycles. The zero-order chi connectivity index (χ0) is 16.3. The Balaban J connectivity index is 2.10. The fourth-order valence-electron chi connectivity index (χ4n) is 2.23. The molecule has 4 heteroatoms. The lowest BCUT2D eigenvalue weighted by molar-refractivity contribution is 0.0939. The third-order valence-electron chi connectivity index (χ3n) is 3.62. The van der Waals surface area contributed by atoms with Crippen molar-refractivity contribution in [1.29, 1.82) is 0 Å². The quantitative estimate of drug-likeness (QED) is 0.880. The fourth-order valence-corrected chi connectivity index (χ4v) is 2.23. The predicted molar refractivity (Wildman–Crippen MR) is 82.8 cm³/mol. The van der Waals surface area contributed by atoms with Crippen LogP contribution in [0.1, 0.15) is 54.2 Å². The van der Waals surface area contributed by atoms with E-state index in [4.69, 9.17) is 0 Å². The Morgan fingerprint density at radius 2 is 1.64 bits per heavy atom. The minimum atomic E-state index is -0.664. The third kappa shape index (κ3) is 3.70. The number of rotatable bonds is 4. The standard InChI is InChI=1S/C18H19F2NO/c1-11(2)13-4-6-14(7-5-13)18(22)21-12(3)16-9-8-15(19)10-17(16)20/h4-12H,1-3H3,(H,21,22)/t12-/m0/s1. The number of amides is 1. The van der Waals surface area contributed by atoms with Gasteiger partial charge in [-0.2, -0.15) is 0 Å². The second kappa shape index (κ2) is 6.69. The van der Waals surface area contributed by atoms with Crippen molar-refractivity contribution in [3.05, 3.63) is 70.8 Å². The van der Waals surface area contributed by atoms with E-state index in [0.717, 1.165) is 11.6 Å². The van der Waals surface area contributed by atoms with Crippen molar-refractivity contribution in [2.24, 2.45) is 0 Å². The van der Waals surface area contributed by atoms with Crippen LogP contribution in [-0.2, 0) is 0 Å². The molecule has 1 amide bonds. The van der Waals surface area contributed by atoms with Crippen LogP contribution in [0.3, 0.4) is 0 Å². The maximum atomic E-state index is 13.7. The fraction of sp³-hybridized carbons (Fsp3) is 0.278. The van der Waals surface area contributed by atoms with Gasteiger partial charge in [0.15, 0.2) is 0 Å². The largest absolute Gasteiger partial charge is 0.345 e. The molecular weight excluding hydrogens is 284 g/mol. The number of carbonyl (C=O) groups excluding carboxylic acids is 1. The molecule has 0 unspecified atom stereocenters. The third-order valence-corrected chi connectivity index (χ3v) is 3.62.